The molecule has 1 amide bonds. The molecule has 1 atom stereocenters. The summed E-state index contributed by atoms with van der Waals surface area (Å²) < 4.78 is 0. The van der Waals surface area contributed by atoms with Crippen molar-refractivity contribution in [3.63, 3.8) is 0 Å². The first-order valence-electron chi connectivity index (χ1n) is 8.13. The summed E-state index contributed by atoms with van der Waals surface area (Å²) in [4.78, 5) is 14.0. The summed E-state index contributed by atoms with van der Waals surface area (Å²) in [6.45, 7) is 8.31. The Morgan fingerprint density at radius 3 is 2.46 bits per heavy atom. The number of nitrogens with zero attached hydrogens (tertiary/aromatic N) is 1. The van der Waals surface area contributed by atoms with Gasteiger partial charge < -0.3 is 10.3 Å². The molecule has 0 aliphatic carbocycles. The smallest absolute Gasteiger partial charge is 0.271 e. The first-order chi connectivity index (χ1) is 11.4. The minimum Gasteiger partial charge on any atom is -0.333 e. The monoisotopic (exact) mass is 325 g/mol. The van der Waals surface area contributed by atoms with E-state index in [1.54, 1.807) is 11.9 Å². The topological polar surface area (TPSA) is 68.0 Å². The molecule has 0 aliphatic heterocycles. The molecule has 24 heavy (non-hydrogen) atoms. The summed E-state index contributed by atoms with van der Waals surface area (Å²) in [5.41, 5.74) is 2.12. The van der Waals surface area contributed by atoms with E-state index in [0.29, 0.717) is 0 Å². The fourth-order valence-corrected chi connectivity index (χ4v) is 2.82. The average molecular weight is 325 g/mol. The van der Waals surface area contributed by atoms with Gasteiger partial charge in [-0.2, -0.15) is 0 Å². The van der Waals surface area contributed by atoms with Gasteiger partial charge in [0.1, 0.15) is 5.71 Å². The summed E-state index contributed by atoms with van der Waals surface area (Å²) in [6, 6.07) is 10.1. The number of allylic oxidation sites excluding steroid dienone is 1. The van der Waals surface area contributed by atoms with E-state index < -0.39 is 0 Å². The third-order valence-corrected chi connectivity index (χ3v) is 3.95. The van der Waals surface area contributed by atoms with E-state index in [2.05, 4.69) is 32.6 Å². The lowest BCUT2D eigenvalue weighted by molar-refractivity contribution is -0.124. The maximum atomic E-state index is 12.4. The van der Waals surface area contributed by atoms with Crippen molar-refractivity contribution in [1.29, 1.82) is 10.8 Å². The Hall–Kier alpha value is -2.49. The van der Waals surface area contributed by atoms with E-state index in [-0.39, 0.29) is 23.6 Å². The molecule has 1 aromatic rings. The summed E-state index contributed by atoms with van der Waals surface area (Å²) in [5, 5.41) is 14.8. The van der Waals surface area contributed by atoms with Gasteiger partial charge in [0.2, 0.25) is 0 Å². The van der Waals surface area contributed by atoms with Crippen LogP contribution in [0.25, 0.3) is 0 Å². The number of aryl methyl sites for hydroxylation is 1. The highest BCUT2D eigenvalue weighted by Crippen LogP contribution is 2.21. The fourth-order valence-electron chi connectivity index (χ4n) is 2.82. The van der Waals surface area contributed by atoms with Crippen LogP contribution in [0, 0.1) is 16.7 Å². The molecule has 128 valence electrons. The van der Waals surface area contributed by atoms with Crippen LogP contribution in [-0.4, -0.2) is 35.8 Å². The van der Waals surface area contributed by atoms with Crippen LogP contribution in [0.3, 0.4) is 0 Å². The molecule has 0 heterocycles. The average Bonchev–Trinajstić information content (AvgIpc) is 2.57. The van der Waals surface area contributed by atoms with Crippen molar-refractivity contribution in [2.24, 2.45) is 5.92 Å². The second-order valence-corrected chi connectivity index (χ2v) is 6.19. The molecule has 0 radical (unpaired) electrons. The van der Waals surface area contributed by atoms with Crippen molar-refractivity contribution in [3.8, 4) is 0 Å². The van der Waals surface area contributed by atoms with Crippen LogP contribution in [0.5, 0.6) is 0 Å². The Morgan fingerprint density at radius 2 is 1.92 bits per heavy atom. The lowest BCUT2D eigenvalue weighted by Crippen LogP contribution is -2.44. The van der Waals surface area contributed by atoms with Gasteiger partial charge in [0.15, 0.2) is 0 Å². The number of likely N-dealkylation sites (N-methyl/N-ethyl adjacent to an activating group) is 1. The van der Waals surface area contributed by atoms with E-state index in [9.17, 15) is 4.79 Å². The number of rotatable bonds is 9. The molecule has 0 spiro atoms. The molecule has 4 heteroatoms. The van der Waals surface area contributed by atoms with Gasteiger partial charge in [0.25, 0.3) is 5.91 Å². The van der Waals surface area contributed by atoms with E-state index in [1.807, 2.05) is 18.2 Å². The number of hydrogen-bond donors (Lipinski definition) is 2. The number of benzene rings is 1. The number of hydrogen-bond acceptors (Lipinski definition) is 3. The molecule has 4 nitrogen and oxygen atoms in total. The maximum Gasteiger partial charge on any atom is 0.271 e. The molecule has 0 aliphatic rings. The predicted octanol–water partition coefficient (Wildman–Crippen LogP) is 3.88. The molecule has 2 N–H and O–H groups in total. The van der Waals surface area contributed by atoms with E-state index >= 15 is 0 Å². The molecule has 1 unspecified atom stereocenters. The number of carbonyl (C=O) groups excluding carboxylic acids is 1. The summed E-state index contributed by atoms with van der Waals surface area (Å²) >= 11 is 0. The lowest BCUT2D eigenvalue weighted by Gasteiger charge is -2.33. The van der Waals surface area contributed by atoms with Gasteiger partial charge in [-0.1, -0.05) is 56.3 Å². The molecular weight excluding hydrogens is 298 g/mol. The standard InChI is InChI=1S/C20H27N3O/c1-15(2)19(23(4)20(24)18(22)11-8-14-21)16(3)12-13-17-9-6-5-7-10-17/h5-11,14-15,19,21-22H,3,12-13H2,1-2,4H3/b11-8-,21-14?,22-18?. The SMILES string of the molecule is C=C(CCc1ccccc1)C(C(C)C)N(C)C(=O)C(=N)/C=C\C=N. The first kappa shape index (κ1) is 19.6. The highest BCUT2D eigenvalue weighted by Gasteiger charge is 2.26. The normalized spacial score (nSPS) is 12.2. The minimum absolute atomic E-state index is 0.116. The molecule has 1 rings (SSSR count). The zero-order valence-electron chi connectivity index (χ0n) is 14.8. The van der Waals surface area contributed by atoms with Gasteiger partial charge in [-0.15, -0.1) is 0 Å². The Kier molecular flexibility index (Phi) is 7.83. The quantitative estimate of drug-likeness (QED) is 0.525. The van der Waals surface area contributed by atoms with Crippen LogP contribution in [0.1, 0.15) is 25.8 Å². The molecule has 0 aromatic heterocycles. The highest BCUT2D eigenvalue weighted by molar-refractivity contribution is 6.42. The Morgan fingerprint density at radius 1 is 1.29 bits per heavy atom. The summed E-state index contributed by atoms with van der Waals surface area (Å²) in [6.07, 6.45) is 5.46. The summed E-state index contributed by atoms with van der Waals surface area (Å²) in [5.74, 6) is -0.144. The van der Waals surface area contributed by atoms with E-state index in [0.717, 1.165) is 24.6 Å². The van der Waals surface area contributed by atoms with Gasteiger partial charge in [0.05, 0.1) is 6.04 Å². The van der Waals surface area contributed by atoms with Crippen LogP contribution in [0.15, 0.2) is 54.6 Å². The van der Waals surface area contributed by atoms with Crippen LogP contribution in [-0.2, 0) is 11.2 Å². The van der Waals surface area contributed by atoms with Gasteiger partial charge in [0, 0.05) is 13.3 Å². The third kappa shape index (κ3) is 5.61. The maximum absolute atomic E-state index is 12.4. The van der Waals surface area contributed by atoms with Crippen LogP contribution in [0.2, 0.25) is 0 Å². The lowest BCUT2D eigenvalue weighted by atomic mass is 9.91. The van der Waals surface area contributed by atoms with Crippen molar-refractivity contribution in [1.82, 2.24) is 4.90 Å². The van der Waals surface area contributed by atoms with E-state index in [4.69, 9.17) is 10.8 Å². The zero-order chi connectivity index (χ0) is 18.1. The van der Waals surface area contributed by atoms with Crippen LogP contribution >= 0.6 is 0 Å². The molecule has 0 fully saturated rings. The molecule has 1 aromatic carbocycles. The number of amides is 1. The number of carbonyl (C=O) groups is 1. The van der Waals surface area contributed by atoms with Crippen molar-refractivity contribution in [3.05, 3.63) is 60.2 Å². The predicted molar refractivity (Wildman–Crippen MR) is 101 cm³/mol. The van der Waals surface area contributed by atoms with Gasteiger partial charge in [-0.25, -0.2) is 0 Å². The van der Waals surface area contributed by atoms with Crippen molar-refractivity contribution >= 4 is 17.8 Å². The second kappa shape index (κ2) is 9.60. The molecule has 0 saturated carbocycles. The molecule has 0 saturated heterocycles. The largest absolute Gasteiger partial charge is 0.333 e. The van der Waals surface area contributed by atoms with Gasteiger partial charge >= 0.3 is 0 Å². The van der Waals surface area contributed by atoms with Crippen LogP contribution < -0.4 is 0 Å². The number of nitrogens with one attached hydrogen (secondary N) is 2. The zero-order valence-corrected chi connectivity index (χ0v) is 14.8. The van der Waals surface area contributed by atoms with Crippen molar-refractivity contribution < 1.29 is 4.79 Å². The Balaban J connectivity index is 2.79. The highest BCUT2D eigenvalue weighted by atomic mass is 16.2. The third-order valence-electron chi connectivity index (χ3n) is 3.95. The van der Waals surface area contributed by atoms with E-state index in [1.165, 1.54) is 17.7 Å². The Labute approximate surface area is 144 Å². The van der Waals surface area contributed by atoms with Gasteiger partial charge in [-0.05, 0) is 36.5 Å². The first-order valence-corrected chi connectivity index (χ1v) is 8.13. The van der Waals surface area contributed by atoms with Crippen LogP contribution in [0.4, 0.5) is 0 Å². The Bertz CT molecular complexity index is 617. The minimum atomic E-state index is -0.354. The summed E-state index contributed by atoms with van der Waals surface area (Å²) in [7, 11) is 1.72. The fraction of sp³-hybridized carbons (Fsp3) is 0.350. The molecular formula is C20H27N3O. The van der Waals surface area contributed by atoms with Crippen molar-refractivity contribution in [2.45, 2.75) is 32.7 Å². The molecule has 0 bridgehead atoms. The van der Waals surface area contributed by atoms with Crippen molar-refractivity contribution in [2.75, 3.05) is 7.05 Å². The van der Waals surface area contributed by atoms with Gasteiger partial charge in [-0.3, -0.25) is 10.2 Å². The second-order valence-electron chi connectivity index (χ2n) is 6.19.